The van der Waals surface area contributed by atoms with Gasteiger partial charge in [0.1, 0.15) is 5.75 Å². The molecule has 0 saturated heterocycles. The molecule has 0 aliphatic carbocycles. The topological polar surface area (TPSA) is 66.8 Å². The minimum absolute atomic E-state index is 0.0597. The normalized spacial score (nSPS) is 14.4. The first-order valence-electron chi connectivity index (χ1n) is 9.63. The summed E-state index contributed by atoms with van der Waals surface area (Å²) in [6.07, 6.45) is 1.80. The molecule has 0 fully saturated rings. The molecule has 5 heteroatoms. The average molecular weight is 399 g/mol. The highest BCUT2D eigenvalue weighted by Gasteiger charge is 2.38. The Hall–Kier alpha value is -0.830. The van der Waals surface area contributed by atoms with Crippen molar-refractivity contribution in [3.05, 3.63) is 29.3 Å². The second kappa shape index (κ2) is 7.54. The molecule has 0 radical (unpaired) electrons. The van der Waals surface area contributed by atoms with E-state index in [2.05, 4.69) is 75.3 Å². The van der Waals surface area contributed by atoms with E-state index in [1.807, 2.05) is 6.07 Å². The Balaban J connectivity index is 3.70. The van der Waals surface area contributed by atoms with Crippen molar-refractivity contribution in [3.8, 4) is 5.75 Å². The molecule has 156 valence electrons. The van der Waals surface area contributed by atoms with E-state index in [9.17, 15) is 14.4 Å². The van der Waals surface area contributed by atoms with Gasteiger partial charge in [-0.15, -0.1) is 0 Å². The summed E-state index contributed by atoms with van der Waals surface area (Å²) in [5.74, 6) is 0.289. The van der Waals surface area contributed by atoms with Crippen molar-refractivity contribution in [2.24, 2.45) is 10.8 Å². The molecular formula is C22H39O4P. The second-order valence-electron chi connectivity index (χ2n) is 11.5. The Morgan fingerprint density at radius 2 is 1.26 bits per heavy atom. The first kappa shape index (κ1) is 24.2. The van der Waals surface area contributed by atoms with E-state index in [1.54, 1.807) is 6.07 Å². The first-order chi connectivity index (χ1) is 11.7. The molecule has 0 heterocycles. The van der Waals surface area contributed by atoms with Crippen LogP contribution in [-0.4, -0.2) is 9.79 Å². The zero-order valence-electron chi connectivity index (χ0n) is 18.8. The highest BCUT2D eigenvalue weighted by molar-refractivity contribution is 7.46. The van der Waals surface area contributed by atoms with Crippen LogP contribution in [0.25, 0.3) is 0 Å². The third-order valence-corrected chi connectivity index (χ3v) is 5.03. The van der Waals surface area contributed by atoms with Gasteiger partial charge in [0.05, 0.1) is 0 Å². The fourth-order valence-corrected chi connectivity index (χ4v) is 5.24. The van der Waals surface area contributed by atoms with Gasteiger partial charge in [0, 0.05) is 5.56 Å². The quantitative estimate of drug-likeness (QED) is 0.531. The van der Waals surface area contributed by atoms with Crippen LogP contribution in [0, 0.1) is 10.8 Å². The highest BCUT2D eigenvalue weighted by atomic mass is 31.2. The predicted molar refractivity (Wildman–Crippen MR) is 113 cm³/mol. The molecule has 4 nitrogen and oxygen atoms in total. The number of rotatable bonds is 6. The van der Waals surface area contributed by atoms with Crippen LogP contribution >= 0.6 is 7.82 Å². The molecule has 1 aromatic rings. The van der Waals surface area contributed by atoms with Gasteiger partial charge in [-0.1, -0.05) is 81.4 Å². The van der Waals surface area contributed by atoms with Crippen molar-refractivity contribution in [2.75, 3.05) is 0 Å². The largest absolute Gasteiger partial charge is 0.524 e. The van der Waals surface area contributed by atoms with Gasteiger partial charge >= 0.3 is 7.82 Å². The number of benzene rings is 1. The Morgan fingerprint density at radius 1 is 0.815 bits per heavy atom. The molecule has 1 aromatic carbocycles. The second-order valence-corrected chi connectivity index (χ2v) is 12.7. The average Bonchev–Trinajstić information content (AvgIpc) is 2.30. The Morgan fingerprint density at radius 3 is 1.67 bits per heavy atom. The van der Waals surface area contributed by atoms with E-state index >= 15 is 0 Å². The molecule has 0 unspecified atom stereocenters. The molecule has 0 saturated carbocycles. The maximum absolute atomic E-state index is 11.6. The van der Waals surface area contributed by atoms with Crippen LogP contribution in [0.15, 0.2) is 18.2 Å². The van der Waals surface area contributed by atoms with Gasteiger partial charge in [0.15, 0.2) is 0 Å². The van der Waals surface area contributed by atoms with Gasteiger partial charge in [-0.05, 0) is 46.1 Å². The first-order valence-corrected chi connectivity index (χ1v) is 11.2. The fourth-order valence-electron chi connectivity index (χ4n) is 4.83. The van der Waals surface area contributed by atoms with Gasteiger partial charge in [-0.3, -0.25) is 9.79 Å². The summed E-state index contributed by atoms with van der Waals surface area (Å²) in [6, 6.07) is 5.59. The van der Waals surface area contributed by atoms with Crippen molar-refractivity contribution in [1.82, 2.24) is 0 Å². The van der Waals surface area contributed by atoms with Gasteiger partial charge in [0.2, 0.25) is 0 Å². The fraction of sp³-hybridized carbons (Fsp3) is 0.727. The van der Waals surface area contributed by atoms with E-state index in [0.717, 1.165) is 24.0 Å². The summed E-state index contributed by atoms with van der Waals surface area (Å²) in [6.45, 7) is 21.9. The molecule has 0 aromatic heterocycles. The summed E-state index contributed by atoms with van der Waals surface area (Å²) in [7, 11) is -4.65. The predicted octanol–water partition coefficient (Wildman–Crippen LogP) is 6.59. The van der Waals surface area contributed by atoms with Crippen LogP contribution in [0.4, 0.5) is 0 Å². The minimum Gasteiger partial charge on any atom is -0.404 e. The molecule has 1 rings (SSSR count). The number of phosphoric ester groups is 1. The zero-order chi connectivity index (χ0) is 21.5. The number of hydrogen-bond donors (Lipinski definition) is 2. The van der Waals surface area contributed by atoms with Gasteiger partial charge in [0.25, 0.3) is 0 Å². The van der Waals surface area contributed by atoms with E-state index in [1.165, 1.54) is 0 Å². The summed E-state index contributed by atoms with van der Waals surface area (Å²) in [5.41, 5.74) is 1.69. The van der Waals surface area contributed by atoms with Crippen LogP contribution in [-0.2, 0) is 15.4 Å². The van der Waals surface area contributed by atoms with Crippen molar-refractivity contribution in [3.63, 3.8) is 0 Å². The SMILES string of the molecule is CC(C)(C)CC(C)(C)c1cccc(OP(=O)(O)O)c1C(C)(C)CC(C)(C)C. The Kier molecular flexibility index (Phi) is 6.76. The van der Waals surface area contributed by atoms with Crippen molar-refractivity contribution in [1.29, 1.82) is 0 Å². The molecular weight excluding hydrogens is 359 g/mol. The highest BCUT2D eigenvalue weighted by Crippen LogP contribution is 2.50. The summed E-state index contributed by atoms with van der Waals surface area (Å²) in [4.78, 5) is 18.9. The molecule has 0 bridgehead atoms. The van der Waals surface area contributed by atoms with Crippen LogP contribution in [0.2, 0.25) is 0 Å². The minimum atomic E-state index is -4.65. The Labute approximate surface area is 166 Å². The van der Waals surface area contributed by atoms with E-state index < -0.39 is 7.82 Å². The smallest absolute Gasteiger partial charge is 0.404 e. The van der Waals surface area contributed by atoms with Crippen LogP contribution in [0.3, 0.4) is 0 Å². The van der Waals surface area contributed by atoms with Gasteiger partial charge in [-0.2, -0.15) is 0 Å². The molecule has 0 atom stereocenters. The standard InChI is InChI=1S/C22H39O4P/c1-19(2,3)14-21(7,8)16-12-11-13-17(26-27(23,24)25)18(16)22(9,10)15-20(4,5)6/h11-13H,14-15H2,1-10H3,(H2,23,24,25). The van der Waals surface area contributed by atoms with Crippen molar-refractivity contribution >= 4 is 7.82 Å². The van der Waals surface area contributed by atoms with Gasteiger partial charge < -0.3 is 4.52 Å². The molecule has 0 aliphatic rings. The van der Waals surface area contributed by atoms with Crippen LogP contribution in [0.1, 0.15) is 93.2 Å². The number of phosphoric acid groups is 1. The Bertz CT molecular complexity index is 700. The third-order valence-electron chi connectivity index (χ3n) is 4.59. The molecule has 2 N–H and O–H groups in total. The maximum atomic E-state index is 11.6. The van der Waals surface area contributed by atoms with E-state index in [4.69, 9.17) is 4.52 Å². The van der Waals surface area contributed by atoms with Crippen LogP contribution < -0.4 is 4.52 Å². The van der Waals surface area contributed by atoms with E-state index in [-0.39, 0.29) is 27.4 Å². The molecule has 27 heavy (non-hydrogen) atoms. The molecule has 0 spiro atoms. The zero-order valence-corrected chi connectivity index (χ0v) is 19.7. The molecule has 0 aliphatic heterocycles. The lowest BCUT2D eigenvalue weighted by molar-refractivity contribution is 0.253. The lowest BCUT2D eigenvalue weighted by Crippen LogP contribution is -2.32. The van der Waals surface area contributed by atoms with Crippen LogP contribution in [0.5, 0.6) is 5.75 Å². The van der Waals surface area contributed by atoms with E-state index in [0.29, 0.717) is 0 Å². The summed E-state index contributed by atoms with van der Waals surface area (Å²) < 4.78 is 16.8. The van der Waals surface area contributed by atoms with Crippen molar-refractivity contribution < 1.29 is 18.9 Å². The lowest BCUT2D eigenvalue weighted by Gasteiger charge is -2.40. The summed E-state index contributed by atoms with van der Waals surface area (Å²) in [5, 5.41) is 0. The summed E-state index contributed by atoms with van der Waals surface area (Å²) >= 11 is 0. The number of hydrogen-bond acceptors (Lipinski definition) is 2. The molecule has 0 amide bonds. The maximum Gasteiger partial charge on any atom is 0.524 e. The van der Waals surface area contributed by atoms with Crippen molar-refractivity contribution in [2.45, 2.75) is 92.9 Å². The van der Waals surface area contributed by atoms with Gasteiger partial charge in [-0.25, -0.2) is 4.57 Å². The lowest BCUT2D eigenvalue weighted by atomic mass is 9.64. The monoisotopic (exact) mass is 398 g/mol. The third kappa shape index (κ3) is 7.60.